The molecule has 1 amide bonds. The summed E-state index contributed by atoms with van der Waals surface area (Å²) in [6, 6.07) is 25.9. The number of hydrogen-bond acceptors (Lipinski definition) is 2. The largest absolute Gasteiger partial charge is 0.316 e. The molecule has 4 heteroatoms. The Labute approximate surface area is 151 Å². The molecular weight excluding hydrogens is 324 g/mol. The van der Waals surface area contributed by atoms with Crippen LogP contribution in [0.1, 0.15) is 21.5 Å². The van der Waals surface area contributed by atoms with Crippen molar-refractivity contribution in [1.29, 1.82) is 0 Å². The van der Waals surface area contributed by atoms with Gasteiger partial charge < -0.3 is 4.57 Å². The highest BCUT2D eigenvalue weighted by Crippen LogP contribution is 2.27. The molecule has 0 saturated carbocycles. The highest BCUT2D eigenvalue weighted by molar-refractivity contribution is 5.93. The molecule has 0 aliphatic heterocycles. The molecule has 0 unspecified atom stereocenters. The Morgan fingerprint density at radius 2 is 1.58 bits per heavy atom. The van der Waals surface area contributed by atoms with E-state index < -0.39 is 5.91 Å². The number of carbonyl (C=O) groups excluding carboxylic acids is 1. The second-order valence-corrected chi connectivity index (χ2v) is 6.19. The Morgan fingerprint density at radius 3 is 2.31 bits per heavy atom. The van der Waals surface area contributed by atoms with Crippen LogP contribution in [-0.2, 0) is 6.42 Å². The Hall–Kier alpha value is -3.37. The lowest BCUT2D eigenvalue weighted by atomic mass is 10.0. The summed E-state index contributed by atoms with van der Waals surface area (Å²) >= 11 is 0. The summed E-state index contributed by atoms with van der Waals surface area (Å²) in [5.41, 5.74) is 6.68. The van der Waals surface area contributed by atoms with Gasteiger partial charge in [-0.3, -0.25) is 10.0 Å². The topological polar surface area (TPSA) is 54.3 Å². The second kappa shape index (κ2) is 6.86. The van der Waals surface area contributed by atoms with Crippen molar-refractivity contribution in [3.63, 3.8) is 0 Å². The number of nitrogens with zero attached hydrogens (tertiary/aromatic N) is 1. The number of benzene rings is 3. The maximum atomic E-state index is 11.5. The number of aromatic nitrogens is 1. The van der Waals surface area contributed by atoms with Gasteiger partial charge in [0.25, 0.3) is 5.91 Å². The minimum Gasteiger partial charge on any atom is -0.316 e. The molecule has 0 atom stereocenters. The molecular formula is C22H18N2O2. The van der Waals surface area contributed by atoms with Gasteiger partial charge in [-0.25, -0.2) is 5.48 Å². The Balaban J connectivity index is 1.77. The van der Waals surface area contributed by atoms with Gasteiger partial charge in [0.1, 0.15) is 0 Å². The van der Waals surface area contributed by atoms with E-state index >= 15 is 0 Å². The minimum atomic E-state index is -0.515. The van der Waals surface area contributed by atoms with Crippen LogP contribution in [0.2, 0.25) is 0 Å². The zero-order valence-electron chi connectivity index (χ0n) is 14.1. The molecule has 128 valence electrons. The van der Waals surface area contributed by atoms with E-state index in [2.05, 4.69) is 53.2 Å². The van der Waals surface area contributed by atoms with Gasteiger partial charge in [-0.1, -0.05) is 48.5 Å². The van der Waals surface area contributed by atoms with Crippen molar-refractivity contribution in [3.05, 3.63) is 102 Å². The van der Waals surface area contributed by atoms with E-state index in [1.807, 2.05) is 24.3 Å². The van der Waals surface area contributed by atoms with Crippen molar-refractivity contribution in [1.82, 2.24) is 10.0 Å². The molecule has 1 heterocycles. The lowest BCUT2D eigenvalue weighted by molar-refractivity contribution is 0.0706. The van der Waals surface area contributed by atoms with Gasteiger partial charge in [0.05, 0.1) is 5.52 Å². The molecule has 4 rings (SSSR count). The summed E-state index contributed by atoms with van der Waals surface area (Å²) in [4.78, 5) is 11.5. The number of hydrogen-bond donors (Lipinski definition) is 2. The average molecular weight is 342 g/mol. The predicted octanol–water partition coefficient (Wildman–Crippen LogP) is 4.34. The van der Waals surface area contributed by atoms with Gasteiger partial charge in [0.15, 0.2) is 0 Å². The van der Waals surface area contributed by atoms with E-state index in [0.29, 0.717) is 5.56 Å². The van der Waals surface area contributed by atoms with Gasteiger partial charge in [-0.15, -0.1) is 0 Å². The maximum absolute atomic E-state index is 11.5. The summed E-state index contributed by atoms with van der Waals surface area (Å²) in [6.45, 7) is 0. The molecule has 1 aromatic heterocycles. The molecule has 0 bridgehead atoms. The third kappa shape index (κ3) is 2.98. The van der Waals surface area contributed by atoms with Crippen LogP contribution >= 0.6 is 0 Å². The number of hydroxylamine groups is 1. The van der Waals surface area contributed by atoms with Crippen molar-refractivity contribution in [2.75, 3.05) is 0 Å². The van der Waals surface area contributed by atoms with Crippen LogP contribution in [-0.4, -0.2) is 15.7 Å². The predicted molar refractivity (Wildman–Crippen MR) is 102 cm³/mol. The molecule has 0 fully saturated rings. The number of amides is 1. The van der Waals surface area contributed by atoms with E-state index in [9.17, 15) is 4.79 Å². The Kier molecular flexibility index (Phi) is 4.25. The van der Waals surface area contributed by atoms with Gasteiger partial charge in [-0.05, 0) is 47.9 Å². The normalized spacial score (nSPS) is 10.8. The zero-order valence-corrected chi connectivity index (χ0v) is 14.1. The van der Waals surface area contributed by atoms with Crippen LogP contribution in [0.15, 0.2) is 85.1 Å². The monoisotopic (exact) mass is 342 g/mol. The third-order valence-electron chi connectivity index (χ3n) is 4.54. The van der Waals surface area contributed by atoms with Gasteiger partial charge in [0.2, 0.25) is 0 Å². The summed E-state index contributed by atoms with van der Waals surface area (Å²) in [7, 11) is 0. The van der Waals surface area contributed by atoms with Crippen molar-refractivity contribution < 1.29 is 10.0 Å². The van der Waals surface area contributed by atoms with E-state index in [-0.39, 0.29) is 0 Å². The first-order valence-electron chi connectivity index (χ1n) is 8.44. The van der Waals surface area contributed by atoms with Gasteiger partial charge >= 0.3 is 0 Å². The van der Waals surface area contributed by atoms with E-state index in [1.165, 1.54) is 16.5 Å². The fourth-order valence-corrected chi connectivity index (χ4v) is 3.26. The lowest BCUT2D eigenvalue weighted by Crippen LogP contribution is -2.18. The van der Waals surface area contributed by atoms with Crippen molar-refractivity contribution in [2.45, 2.75) is 6.42 Å². The standard InChI is InChI=1S/C22H18N2O2/c25-22(23-26)17-10-12-19(13-11-17)24-15-18(14-16-6-2-1-3-7-16)20-8-4-5-9-21(20)24/h1-13,15,26H,14H2,(H,23,25). The molecule has 4 aromatic rings. The molecule has 0 aliphatic carbocycles. The van der Waals surface area contributed by atoms with Crippen LogP contribution in [0.5, 0.6) is 0 Å². The van der Waals surface area contributed by atoms with Crippen LogP contribution < -0.4 is 5.48 Å². The minimum absolute atomic E-state index is 0.414. The van der Waals surface area contributed by atoms with E-state index in [1.54, 1.807) is 17.6 Å². The number of nitrogens with one attached hydrogen (secondary N) is 1. The van der Waals surface area contributed by atoms with Crippen molar-refractivity contribution >= 4 is 16.8 Å². The van der Waals surface area contributed by atoms with Crippen LogP contribution in [0.3, 0.4) is 0 Å². The third-order valence-corrected chi connectivity index (χ3v) is 4.54. The maximum Gasteiger partial charge on any atom is 0.274 e. The summed E-state index contributed by atoms with van der Waals surface area (Å²) in [6.07, 6.45) is 3.01. The van der Waals surface area contributed by atoms with Gasteiger partial charge in [-0.2, -0.15) is 0 Å². The average Bonchev–Trinajstić information content (AvgIpc) is 3.07. The van der Waals surface area contributed by atoms with Crippen LogP contribution in [0.25, 0.3) is 16.6 Å². The number of para-hydroxylation sites is 1. The second-order valence-electron chi connectivity index (χ2n) is 6.19. The highest BCUT2D eigenvalue weighted by Gasteiger charge is 2.11. The van der Waals surface area contributed by atoms with Crippen LogP contribution in [0.4, 0.5) is 0 Å². The number of fused-ring (bicyclic) bond motifs is 1. The first-order chi connectivity index (χ1) is 12.8. The quantitative estimate of drug-likeness (QED) is 0.428. The molecule has 0 saturated heterocycles. The van der Waals surface area contributed by atoms with Crippen LogP contribution in [0, 0.1) is 0 Å². The fourth-order valence-electron chi connectivity index (χ4n) is 3.26. The molecule has 3 aromatic carbocycles. The van der Waals surface area contributed by atoms with Crippen molar-refractivity contribution in [3.8, 4) is 5.69 Å². The lowest BCUT2D eigenvalue weighted by Gasteiger charge is -2.06. The zero-order chi connectivity index (χ0) is 17.9. The molecule has 26 heavy (non-hydrogen) atoms. The molecule has 2 N–H and O–H groups in total. The van der Waals surface area contributed by atoms with Gasteiger partial charge in [0, 0.05) is 22.8 Å². The Bertz CT molecular complexity index is 1050. The van der Waals surface area contributed by atoms with E-state index in [0.717, 1.165) is 17.6 Å². The molecule has 0 aliphatic rings. The first-order valence-corrected chi connectivity index (χ1v) is 8.44. The summed E-state index contributed by atoms with van der Waals surface area (Å²) in [5, 5.41) is 9.97. The molecule has 4 nitrogen and oxygen atoms in total. The Morgan fingerprint density at radius 1 is 0.885 bits per heavy atom. The molecule has 0 radical (unpaired) electrons. The first kappa shape index (κ1) is 16.1. The van der Waals surface area contributed by atoms with Crippen molar-refractivity contribution in [2.24, 2.45) is 0 Å². The smallest absolute Gasteiger partial charge is 0.274 e. The summed E-state index contributed by atoms with van der Waals surface area (Å²) < 4.78 is 2.13. The highest BCUT2D eigenvalue weighted by atomic mass is 16.5. The fraction of sp³-hybridized carbons (Fsp3) is 0.0455. The SMILES string of the molecule is O=C(NO)c1ccc(-n2cc(Cc3ccccc3)c3ccccc32)cc1. The van der Waals surface area contributed by atoms with E-state index in [4.69, 9.17) is 5.21 Å². The number of carbonyl (C=O) groups is 1. The molecule has 0 spiro atoms. The summed E-state index contributed by atoms with van der Waals surface area (Å²) in [5.74, 6) is -0.515. The number of rotatable bonds is 4.